The van der Waals surface area contributed by atoms with E-state index in [4.69, 9.17) is 14.2 Å². The molecule has 4 heterocycles. The topological polar surface area (TPSA) is 112 Å². The summed E-state index contributed by atoms with van der Waals surface area (Å²) in [5.74, 6) is 1.46. The predicted octanol–water partition coefficient (Wildman–Crippen LogP) is 7.11. The Bertz CT molecular complexity index is 2350. The van der Waals surface area contributed by atoms with Gasteiger partial charge in [0.15, 0.2) is 11.5 Å². The van der Waals surface area contributed by atoms with Crippen LogP contribution in [0, 0.1) is 27.7 Å². The molecule has 2 aliphatic rings. The Morgan fingerprint density at radius 1 is 0.768 bits per heavy atom. The highest BCUT2D eigenvalue weighted by atomic mass is 16.6. The number of rotatable bonds is 8. The molecule has 0 spiro atoms. The number of carbonyl (C=O) groups excluding carboxylic acids is 2. The van der Waals surface area contributed by atoms with Crippen LogP contribution in [-0.4, -0.2) is 75.8 Å². The van der Waals surface area contributed by atoms with Crippen molar-refractivity contribution in [2.75, 3.05) is 32.8 Å². The van der Waals surface area contributed by atoms with Gasteiger partial charge in [0, 0.05) is 61.7 Å². The molecule has 56 heavy (non-hydrogen) atoms. The molecule has 0 bridgehead atoms. The van der Waals surface area contributed by atoms with Gasteiger partial charge in [0.1, 0.15) is 25.1 Å². The molecule has 0 radical (unpaired) electrons. The van der Waals surface area contributed by atoms with Gasteiger partial charge in [-0.15, -0.1) is 0 Å². The fourth-order valence-corrected chi connectivity index (χ4v) is 7.56. The van der Waals surface area contributed by atoms with Crippen LogP contribution in [0.5, 0.6) is 11.5 Å². The van der Waals surface area contributed by atoms with Gasteiger partial charge < -0.3 is 37.9 Å². The molecule has 0 N–H and O–H groups in total. The van der Waals surface area contributed by atoms with Crippen LogP contribution in [0.15, 0.2) is 76.3 Å². The summed E-state index contributed by atoms with van der Waals surface area (Å²) in [4.78, 5) is 52.8. The molecule has 1 amide bonds. The summed E-state index contributed by atoms with van der Waals surface area (Å²) in [6.07, 6.45) is 2.13. The van der Waals surface area contributed by atoms with E-state index in [1.54, 1.807) is 12.1 Å². The molecule has 11 nitrogen and oxygen atoms in total. The summed E-state index contributed by atoms with van der Waals surface area (Å²) in [6, 6.07) is 21.4. The maximum Gasteiger partial charge on any atom is 0.410 e. The Morgan fingerprint density at radius 3 is 1.93 bits per heavy atom. The van der Waals surface area contributed by atoms with Crippen LogP contribution < -0.4 is 20.6 Å². The number of fused-ring (bicyclic) bond motifs is 3. The molecule has 2 aromatic heterocycles. The molecule has 5 aromatic rings. The Balaban J connectivity index is 0.000000277. The molecule has 0 saturated carbocycles. The van der Waals surface area contributed by atoms with Crippen LogP contribution in [0.25, 0.3) is 21.8 Å². The van der Waals surface area contributed by atoms with E-state index >= 15 is 0 Å². The largest absolute Gasteiger partial charge is 0.486 e. The molecular formula is C45H54N4O7. The van der Waals surface area contributed by atoms with Crippen LogP contribution in [-0.2, 0) is 29.2 Å². The average molecular weight is 763 g/mol. The first-order chi connectivity index (χ1) is 26.7. The fourth-order valence-electron chi connectivity index (χ4n) is 7.56. The number of nitrogens with zero attached hydrogens (tertiary/aromatic N) is 4. The number of aryl methyl sites for hydroxylation is 4. The third-order valence-corrected chi connectivity index (χ3v) is 10.4. The van der Waals surface area contributed by atoms with E-state index in [2.05, 4.69) is 30.0 Å². The zero-order chi connectivity index (χ0) is 40.1. The van der Waals surface area contributed by atoms with Gasteiger partial charge in [0.25, 0.3) is 11.1 Å². The fraction of sp³-hybridized carbons (Fsp3) is 0.422. The van der Waals surface area contributed by atoms with Crippen molar-refractivity contribution in [1.29, 1.82) is 0 Å². The van der Waals surface area contributed by atoms with Crippen molar-refractivity contribution in [2.45, 2.75) is 92.6 Å². The molecule has 1 fully saturated rings. The summed E-state index contributed by atoms with van der Waals surface area (Å²) in [5.41, 5.74) is 6.43. The predicted molar refractivity (Wildman–Crippen MR) is 220 cm³/mol. The second kappa shape index (κ2) is 17.2. The normalized spacial score (nSPS) is 14.6. The Morgan fingerprint density at radius 2 is 1.34 bits per heavy atom. The van der Waals surface area contributed by atoms with Gasteiger partial charge in [0.05, 0.1) is 17.6 Å². The monoisotopic (exact) mass is 762 g/mol. The SMILES string of the molecule is Cc1ccc2c(c1)c(C)cc(=O)n2CC=O.Cc1ccc2c(c1)c(C)cc(=O)n2CCN1CCC(N(Cc2ccc3c(c2)OCCO3)C(=O)OC(C)(C)C)CC1. The molecule has 11 heteroatoms. The lowest BCUT2D eigenvalue weighted by Crippen LogP contribution is -2.49. The third-order valence-electron chi connectivity index (χ3n) is 10.4. The van der Waals surface area contributed by atoms with Crippen molar-refractivity contribution in [3.63, 3.8) is 0 Å². The number of hydrogen-bond acceptors (Lipinski definition) is 8. The lowest BCUT2D eigenvalue weighted by atomic mass is 10.0. The van der Waals surface area contributed by atoms with Crippen LogP contribution >= 0.6 is 0 Å². The number of aldehydes is 1. The minimum atomic E-state index is -0.578. The molecule has 296 valence electrons. The van der Waals surface area contributed by atoms with E-state index in [-0.39, 0.29) is 29.8 Å². The van der Waals surface area contributed by atoms with Gasteiger partial charge in [-0.25, -0.2) is 4.79 Å². The van der Waals surface area contributed by atoms with Gasteiger partial charge in [0.2, 0.25) is 0 Å². The molecule has 3 aromatic carbocycles. The minimum absolute atomic E-state index is 0.0410. The van der Waals surface area contributed by atoms with E-state index < -0.39 is 5.60 Å². The van der Waals surface area contributed by atoms with E-state index in [0.29, 0.717) is 26.3 Å². The number of ether oxygens (including phenoxy) is 3. The van der Waals surface area contributed by atoms with Crippen LogP contribution in [0.1, 0.15) is 61.4 Å². The maximum absolute atomic E-state index is 13.4. The number of amides is 1. The van der Waals surface area contributed by atoms with Crippen molar-refractivity contribution in [3.05, 3.63) is 115 Å². The van der Waals surface area contributed by atoms with Crippen molar-refractivity contribution in [3.8, 4) is 11.5 Å². The lowest BCUT2D eigenvalue weighted by Gasteiger charge is -2.39. The summed E-state index contributed by atoms with van der Waals surface area (Å²) in [5, 5.41) is 2.16. The van der Waals surface area contributed by atoms with Crippen LogP contribution in [0.4, 0.5) is 4.79 Å². The maximum atomic E-state index is 13.4. The Hall–Kier alpha value is -5.42. The second-order valence-electron chi connectivity index (χ2n) is 16.0. The highest BCUT2D eigenvalue weighted by molar-refractivity contribution is 5.84. The average Bonchev–Trinajstić information content (AvgIpc) is 3.15. The summed E-state index contributed by atoms with van der Waals surface area (Å²) in [6.45, 7) is 18.4. The number of likely N-dealkylation sites (tertiary alicyclic amines) is 1. The third kappa shape index (κ3) is 9.50. The van der Waals surface area contributed by atoms with Crippen molar-refractivity contribution >= 4 is 34.2 Å². The lowest BCUT2D eigenvalue weighted by molar-refractivity contribution is -0.108. The number of pyridine rings is 2. The van der Waals surface area contributed by atoms with Gasteiger partial charge in [-0.3, -0.25) is 9.59 Å². The number of carbonyl (C=O) groups is 2. The van der Waals surface area contributed by atoms with Crippen LogP contribution in [0.3, 0.4) is 0 Å². The van der Waals surface area contributed by atoms with Gasteiger partial charge in [-0.1, -0.05) is 29.3 Å². The minimum Gasteiger partial charge on any atom is -0.486 e. The number of hydrogen-bond donors (Lipinski definition) is 0. The highest BCUT2D eigenvalue weighted by Gasteiger charge is 2.31. The molecular weight excluding hydrogens is 709 g/mol. The number of benzene rings is 3. The van der Waals surface area contributed by atoms with Crippen molar-refractivity contribution in [2.24, 2.45) is 0 Å². The van der Waals surface area contributed by atoms with Crippen molar-refractivity contribution < 1.29 is 23.8 Å². The smallest absolute Gasteiger partial charge is 0.410 e. The molecule has 0 atom stereocenters. The molecule has 0 unspecified atom stereocenters. The summed E-state index contributed by atoms with van der Waals surface area (Å²) < 4.78 is 20.6. The van der Waals surface area contributed by atoms with E-state index in [9.17, 15) is 19.2 Å². The van der Waals surface area contributed by atoms with E-state index in [0.717, 1.165) is 94.3 Å². The van der Waals surface area contributed by atoms with Gasteiger partial charge in [-0.05, 0) is 114 Å². The number of piperidine rings is 1. The highest BCUT2D eigenvalue weighted by Crippen LogP contribution is 2.32. The molecule has 2 aliphatic heterocycles. The zero-order valence-corrected chi connectivity index (χ0v) is 33.7. The van der Waals surface area contributed by atoms with Gasteiger partial charge >= 0.3 is 6.09 Å². The first-order valence-corrected chi connectivity index (χ1v) is 19.5. The molecule has 0 aliphatic carbocycles. The second-order valence-corrected chi connectivity index (χ2v) is 16.0. The number of aromatic nitrogens is 2. The van der Waals surface area contributed by atoms with Crippen molar-refractivity contribution in [1.82, 2.24) is 18.9 Å². The quantitative estimate of drug-likeness (QED) is 0.154. The molecule has 1 saturated heterocycles. The first kappa shape index (κ1) is 40.2. The van der Waals surface area contributed by atoms with E-state index in [1.807, 2.05) is 87.4 Å². The van der Waals surface area contributed by atoms with E-state index in [1.165, 1.54) is 10.1 Å². The summed E-state index contributed by atoms with van der Waals surface area (Å²) >= 11 is 0. The Kier molecular flexibility index (Phi) is 12.3. The standard InChI is InChI=1S/C32H41N3O5.C13H13NO2/c1-22-6-8-27-26(18-22)23(2)19-30(36)34(27)15-14-33-12-10-25(11-13-33)35(31(37)40-32(3,4)5)21-24-7-9-28-29(20-24)39-17-16-38-28;1-9-3-4-12-11(7-9)10(2)8-13(16)14(12)5-6-15/h6-9,18-20,25H,10-17,21H2,1-5H3;3-4,6-8H,5H2,1-2H3. The first-order valence-electron chi connectivity index (χ1n) is 19.5. The van der Waals surface area contributed by atoms with Gasteiger partial charge in [-0.2, -0.15) is 0 Å². The van der Waals surface area contributed by atoms with Crippen LogP contribution in [0.2, 0.25) is 0 Å². The Labute approximate surface area is 328 Å². The summed E-state index contributed by atoms with van der Waals surface area (Å²) in [7, 11) is 0. The zero-order valence-electron chi connectivity index (χ0n) is 33.7. The molecule has 7 rings (SSSR count).